The topological polar surface area (TPSA) is 113 Å². The molecule has 0 fully saturated rings. The van der Waals surface area contributed by atoms with Crippen molar-refractivity contribution in [2.75, 3.05) is 24.4 Å². The zero-order valence-electron chi connectivity index (χ0n) is 19.6. The summed E-state index contributed by atoms with van der Waals surface area (Å²) in [5.41, 5.74) is 3.02. The lowest BCUT2D eigenvalue weighted by Crippen LogP contribution is -2.16. The van der Waals surface area contributed by atoms with E-state index in [4.69, 9.17) is 9.72 Å². The van der Waals surface area contributed by atoms with E-state index in [0.29, 0.717) is 28.9 Å². The SMILES string of the molecule is COc1cccc(CC(=O)Nc2cc(-c3c(N(C)c4ccn[nH]4)nc4ccccn34)nc(C)n2)c1. The van der Waals surface area contributed by atoms with Crippen LogP contribution in [-0.2, 0) is 11.2 Å². The molecule has 1 amide bonds. The molecule has 0 atom stereocenters. The minimum absolute atomic E-state index is 0.185. The van der Waals surface area contributed by atoms with Gasteiger partial charge in [-0.25, -0.2) is 15.0 Å². The molecule has 5 rings (SSSR count). The van der Waals surface area contributed by atoms with Gasteiger partial charge in [0.1, 0.15) is 34.6 Å². The van der Waals surface area contributed by atoms with Crippen molar-refractivity contribution >= 4 is 29.0 Å². The van der Waals surface area contributed by atoms with Gasteiger partial charge in [0.05, 0.1) is 25.4 Å². The van der Waals surface area contributed by atoms with E-state index in [0.717, 1.165) is 22.7 Å². The van der Waals surface area contributed by atoms with E-state index in [1.165, 1.54) is 0 Å². The van der Waals surface area contributed by atoms with Crippen molar-refractivity contribution in [3.8, 4) is 17.1 Å². The molecule has 0 bridgehead atoms. The van der Waals surface area contributed by atoms with Gasteiger partial charge in [-0.15, -0.1) is 0 Å². The highest BCUT2D eigenvalue weighted by molar-refractivity contribution is 5.92. The molecule has 2 N–H and O–H groups in total. The standard InChI is InChI=1S/C25H24N8O2/c1-16-27-19(15-20(28-16)29-23(34)14-17-7-6-8-18(13-17)35-3)24-25(32(2)22-10-11-26-31-22)30-21-9-4-5-12-33(21)24/h4-13,15H,14H2,1-3H3,(H,26,31)(H,27,28,29,34). The van der Waals surface area contributed by atoms with Crippen LogP contribution in [0, 0.1) is 6.92 Å². The first-order valence-corrected chi connectivity index (χ1v) is 11.0. The predicted octanol–water partition coefficient (Wildman–Crippen LogP) is 3.78. The number of rotatable bonds is 7. The number of carbonyl (C=O) groups is 1. The Balaban J connectivity index is 1.50. The van der Waals surface area contributed by atoms with Gasteiger partial charge < -0.3 is 15.0 Å². The lowest BCUT2D eigenvalue weighted by Gasteiger charge is -2.16. The molecule has 176 valence electrons. The Morgan fingerprint density at radius 2 is 2.00 bits per heavy atom. The van der Waals surface area contributed by atoms with Gasteiger partial charge in [0.15, 0.2) is 5.82 Å². The molecule has 1 aromatic carbocycles. The van der Waals surface area contributed by atoms with Crippen molar-refractivity contribution in [3.05, 3.63) is 78.4 Å². The average molecular weight is 469 g/mol. The minimum atomic E-state index is -0.185. The molecule has 35 heavy (non-hydrogen) atoms. The number of aromatic nitrogens is 6. The van der Waals surface area contributed by atoms with Crippen molar-refractivity contribution in [2.24, 2.45) is 0 Å². The summed E-state index contributed by atoms with van der Waals surface area (Å²) in [6, 6.07) is 16.8. The van der Waals surface area contributed by atoms with Crippen LogP contribution in [0.3, 0.4) is 0 Å². The minimum Gasteiger partial charge on any atom is -0.497 e. The Hall–Kier alpha value is -4.73. The van der Waals surface area contributed by atoms with Crippen molar-refractivity contribution in [3.63, 3.8) is 0 Å². The maximum Gasteiger partial charge on any atom is 0.229 e. The van der Waals surface area contributed by atoms with Gasteiger partial charge in [-0.3, -0.25) is 14.3 Å². The molecule has 0 aliphatic heterocycles. The molecule has 10 nitrogen and oxygen atoms in total. The Morgan fingerprint density at radius 3 is 2.80 bits per heavy atom. The average Bonchev–Trinajstić information content (AvgIpc) is 3.51. The highest BCUT2D eigenvalue weighted by atomic mass is 16.5. The van der Waals surface area contributed by atoms with Gasteiger partial charge in [0.2, 0.25) is 5.91 Å². The first-order valence-electron chi connectivity index (χ1n) is 11.0. The molecule has 0 aliphatic carbocycles. The largest absolute Gasteiger partial charge is 0.497 e. The number of ether oxygens (including phenoxy) is 1. The Kier molecular flexibility index (Phi) is 5.84. The van der Waals surface area contributed by atoms with Crippen molar-refractivity contribution in [2.45, 2.75) is 13.3 Å². The lowest BCUT2D eigenvalue weighted by molar-refractivity contribution is -0.115. The summed E-state index contributed by atoms with van der Waals surface area (Å²) in [7, 11) is 3.51. The molecule has 0 radical (unpaired) electrons. The van der Waals surface area contributed by atoms with Crippen LogP contribution in [0.15, 0.2) is 67.0 Å². The molecule has 0 unspecified atom stereocenters. The van der Waals surface area contributed by atoms with E-state index in [2.05, 4.69) is 25.5 Å². The summed E-state index contributed by atoms with van der Waals surface area (Å²) in [4.78, 5) is 28.6. The number of pyridine rings is 1. The van der Waals surface area contributed by atoms with Crippen LogP contribution in [0.2, 0.25) is 0 Å². The number of imidazole rings is 1. The molecular weight excluding hydrogens is 444 g/mol. The number of amides is 1. The molecule has 0 saturated carbocycles. The lowest BCUT2D eigenvalue weighted by atomic mass is 10.1. The number of nitrogens with zero attached hydrogens (tertiary/aromatic N) is 6. The van der Waals surface area contributed by atoms with Crippen molar-refractivity contribution < 1.29 is 9.53 Å². The zero-order valence-corrected chi connectivity index (χ0v) is 19.6. The van der Waals surface area contributed by atoms with Gasteiger partial charge in [-0.1, -0.05) is 18.2 Å². The molecule has 0 spiro atoms. The molecule has 4 heterocycles. The zero-order chi connectivity index (χ0) is 24.4. The maximum absolute atomic E-state index is 12.8. The fourth-order valence-electron chi connectivity index (χ4n) is 3.91. The monoisotopic (exact) mass is 468 g/mol. The summed E-state index contributed by atoms with van der Waals surface area (Å²) in [6.07, 6.45) is 3.81. The third-order valence-electron chi connectivity index (χ3n) is 5.52. The summed E-state index contributed by atoms with van der Waals surface area (Å²) in [5, 5.41) is 9.92. The molecule has 0 saturated heterocycles. The molecule has 5 aromatic rings. The summed E-state index contributed by atoms with van der Waals surface area (Å²) in [6.45, 7) is 1.79. The number of carbonyl (C=O) groups excluding carboxylic acids is 1. The van der Waals surface area contributed by atoms with Gasteiger partial charge in [-0.2, -0.15) is 5.10 Å². The Morgan fingerprint density at radius 1 is 1.11 bits per heavy atom. The summed E-state index contributed by atoms with van der Waals surface area (Å²) in [5.74, 6) is 2.94. The quantitative estimate of drug-likeness (QED) is 0.374. The van der Waals surface area contributed by atoms with Gasteiger partial charge in [0.25, 0.3) is 0 Å². The second kappa shape index (κ2) is 9.26. The van der Waals surface area contributed by atoms with Crippen LogP contribution in [0.5, 0.6) is 5.75 Å². The number of benzene rings is 1. The van der Waals surface area contributed by atoms with Crippen LogP contribution >= 0.6 is 0 Å². The number of nitrogens with one attached hydrogen (secondary N) is 2. The first-order chi connectivity index (χ1) is 17.0. The van der Waals surface area contributed by atoms with E-state index < -0.39 is 0 Å². The van der Waals surface area contributed by atoms with Gasteiger partial charge >= 0.3 is 0 Å². The highest BCUT2D eigenvalue weighted by Gasteiger charge is 2.21. The van der Waals surface area contributed by atoms with E-state index in [1.54, 1.807) is 26.3 Å². The summed E-state index contributed by atoms with van der Waals surface area (Å²) < 4.78 is 7.21. The molecule has 0 aliphatic rings. The first kappa shape index (κ1) is 22.1. The number of H-pyrrole nitrogens is 1. The second-order valence-electron chi connectivity index (χ2n) is 7.98. The number of methoxy groups -OCH3 is 1. The van der Waals surface area contributed by atoms with Gasteiger partial charge in [-0.05, 0) is 36.8 Å². The van der Waals surface area contributed by atoms with E-state index >= 15 is 0 Å². The van der Waals surface area contributed by atoms with E-state index in [9.17, 15) is 4.79 Å². The molecule has 10 heteroatoms. The van der Waals surface area contributed by atoms with Crippen LogP contribution < -0.4 is 15.0 Å². The summed E-state index contributed by atoms with van der Waals surface area (Å²) >= 11 is 0. The second-order valence-corrected chi connectivity index (χ2v) is 7.98. The Labute approximate surface area is 201 Å². The number of hydrogen-bond acceptors (Lipinski definition) is 7. The van der Waals surface area contributed by atoms with Gasteiger partial charge in [0, 0.05) is 25.4 Å². The Bertz CT molecular complexity index is 1490. The molecule has 4 aromatic heterocycles. The normalized spacial score (nSPS) is 10.9. The fourth-order valence-corrected chi connectivity index (χ4v) is 3.91. The molecular formula is C25H24N8O2. The third kappa shape index (κ3) is 4.54. The van der Waals surface area contributed by atoms with Crippen LogP contribution in [-0.4, -0.2) is 49.6 Å². The number of hydrogen-bond donors (Lipinski definition) is 2. The predicted molar refractivity (Wildman–Crippen MR) is 133 cm³/mol. The fraction of sp³-hybridized carbons (Fsp3) is 0.160. The van der Waals surface area contributed by atoms with Crippen LogP contribution in [0.4, 0.5) is 17.5 Å². The maximum atomic E-state index is 12.8. The number of aromatic amines is 1. The van der Waals surface area contributed by atoms with E-state index in [-0.39, 0.29) is 12.3 Å². The third-order valence-corrected chi connectivity index (χ3v) is 5.52. The number of aryl methyl sites for hydroxylation is 1. The number of anilines is 3. The van der Waals surface area contributed by atoms with Crippen LogP contribution in [0.25, 0.3) is 17.0 Å². The van der Waals surface area contributed by atoms with Crippen molar-refractivity contribution in [1.82, 2.24) is 29.5 Å². The van der Waals surface area contributed by atoms with Crippen LogP contribution in [0.1, 0.15) is 11.4 Å². The highest BCUT2D eigenvalue weighted by Crippen LogP contribution is 2.33. The van der Waals surface area contributed by atoms with Crippen molar-refractivity contribution in [1.29, 1.82) is 0 Å². The van der Waals surface area contributed by atoms with E-state index in [1.807, 2.05) is 71.1 Å². The smallest absolute Gasteiger partial charge is 0.229 e. The number of fused-ring (bicyclic) bond motifs is 1.